The molecule has 2 saturated heterocycles. The van der Waals surface area contributed by atoms with E-state index in [0.29, 0.717) is 66.0 Å². The van der Waals surface area contributed by atoms with E-state index in [9.17, 15) is 9.59 Å². The van der Waals surface area contributed by atoms with Crippen LogP contribution >= 0.6 is 0 Å². The van der Waals surface area contributed by atoms with Crippen LogP contribution < -0.4 is 16.5 Å². The number of hydroxylamine groups is 1. The Bertz CT molecular complexity index is 3070. The molecule has 1 unspecified atom stereocenters. The molecule has 4 aliphatic rings. The zero-order valence-electron chi connectivity index (χ0n) is 36.1. The topological polar surface area (TPSA) is 147 Å². The Labute approximate surface area is 361 Å². The van der Waals surface area contributed by atoms with Crippen molar-refractivity contribution in [3.63, 3.8) is 0 Å². The van der Waals surface area contributed by atoms with Crippen LogP contribution in [0, 0.1) is 25.6 Å². The number of halogens is 1. The van der Waals surface area contributed by atoms with Gasteiger partial charge in [0.2, 0.25) is 0 Å². The van der Waals surface area contributed by atoms with Gasteiger partial charge in [-0.2, -0.15) is 10.2 Å². The minimum absolute atomic E-state index is 0.0966. The molecule has 1 aliphatic carbocycles. The highest BCUT2D eigenvalue weighted by molar-refractivity contribution is 6.00. The molecule has 11 rings (SSSR count). The van der Waals surface area contributed by atoms with Crippen LogP contribution in [-0.4, -0.2) is 75.6 Å². The first-order chi connectivity index (χ1) is 30.3. The summed E-state index contributed by atoms with van der Waals surface area (Å²) in [6.07, 6.45) is 7.06. The molecule has 324 valence electrons. The van der Waals surface area contributed by atoms with Gasteiger partial charge in [0, 0.05) is 67.0 Å². The van der Waals surface area contributed by atoms with Gasteiger partial charge in [-0.1, -0.05) is 13.0 Å². The van der Waals surface area contributed by atoms with Crippen LogP contribution in [0.25, 0.3) is 39.0 Å². The number of ether oxygens (including phenoxy) is 1. The zero-order chi connectivity index (χ0) is 43.6. The number of benzene rings is 3. The fraction of sp³-hybridized carbons (Fsp3) is 0.383. The van der Waals surface area contributed by atoms with E-state index in [1.807, 2.05) is 50.1 Å². The summed E-state index contributed by atoms with van der Waals surface area (Å²) in [4.78, 5) is 50.0. The quantitative estimate of drug-likeness (QED) is 0.179. The number of aryl methyl sites for hydroxylation is 3. The smallest absolute Gasteiger partial charge is 0.381 e. The van der Waals surface area contributed by atoms with Crippen molar-refractivity contribution in [1.29, 1.82) is 0 Å². The number of aromatic nitrogens is 7. The Morgan fingerprint density at radius 3 is 2.35 bits per heavy atom. The summed E-state index contributed by atoms with van der Waals surface area (Å²) in [5.74, 6) is 0.434. The molecule has 0 bridgehead atoms. The first-order valence-electron chi connectivity index (χ1n) is 21.7. The van der Waals surface area contributed by atoms with Crippen LogP contribution in [0.5, 0.6) is 0 Å². The highest BCUT2D eigenvalue weighted by Gasteiger charge is 2.62. The van der Waals surface area contributed by atoms with E-state index in [2.05, 4.69) is 45.6 Å². The second kappa shape index (κ2) is 14.3. The second-order valence-corrected chi connectivity index (χ2v) is 18.0. The van der Waals surface area contributed by atoms with Crippen LogP contribution in [0.4, 0.5) is 9.18 Å². The number of nitrogens with zero attached hydrogens (tertiary/aromatic N) is 8. The SMILES string of the molecule is Cc1cc(-n2nc3c(c2-n2ccn(-c4ccc5c(cnn5C)c4)c2=O)[C@H](C)N(C(=O)c2cc4cc(C5CCOCC5)ccc4n2[C@@]2(C4NOC(=O)N4)C[C@@H]2C)[C@H](C)C3)cc(C)c1F. The number of fused-ring (bicyclic) bond motifs is 3. The standard InChI is InChI=1S/C47H49FN10O5/c1-25-17-35(18-26(2)41(25)48)58-42(55-14-13-54(46(55)61)34-8-10-37-33(21-34)24-49-53(37)6)40-29(5)56(28(4)19-36(40)51-58)43(59)39-22-32-20-31(30-11-15-62-16-12-30)7-9-38(32)57(39)47(23-27(47)3)44-50-45(60)63-52-44/h7-10,13-14,17-18,20-22,24,27-30,44,52H,11-12,15-16,19,23H2,1-6H3,(H,50,60)/t27-,28+,29-,44?,47-/m0/s1. The predicted octanol–water partition coefficient (Wildman–Crippen LogP) is 6.76. The molecule has 3 aromatic carbocycles. The van der Waals surface area contributed by atoms with Crippen molar-refractivity contribution in [3.8, 4) is 17.2 Å². The lowest BCUT2D eigenvalue weighted by Gasteiger charge is -2.39. The summed E-state index contributed by atoms with van der Waals surface area (Å²) in [6, 6.07) is 16.8. The van der Waals surface area contributed by atoms with Crippen LogP contribution in [0.15, 0.2) is 78.0 Å². The third-order valence-corrected chi connectivity index (χ3v) is 14.2. The van der Waals surface area contributed by atoms with Crippen molar-refractivity contribution in [1.82, 2.24) is 49.0 Å². The Kier molecular flexibility index (Phi) is 8.90. The van der Waals surface area contributed by atoms with E-state index >= 15 is 9.18 Å². The lowest BCUT2D eigenvalue weighted by atomic mass is 9.91. The van der Waals surface area contributed by atoms with Crippen LogP contribution in [0.2, 0.25) is 0 Å². The molecule has 15 nitrogen and oxygen atoms in total. The molecule has 3 aliphatic heterocycles. The number of carbonyl (C=O) groups is 2. The first kappa shape index (κ1) is 39.3. The van der Waals surface area contributed by atoms with Crippen molar-refractivity contribution in [2.45, 2.75) is 90.0 Å². The Hall–Kier alpha value is -6.52. The Balaban J connectivity index is 1.06. The number of imidazole rings is 1. The minimum Gasteiger partial charge on any atom is -0.381 e. The van der Waals surface area contributed by atoms with Gasteiger partial charge in [0.05, 0.1) is 40.4 Å². The number of hydrogen-bond donors (Lipinski definition) is 2. The normalized spacial score (nSPS) is 23.7. The third-order valence-electron chi connectivity index (χ3n) is 14.2. The van der Waals surface area contributed by atoms with Gasteiger partial charge in [0.15, 0.2) is 0 Å². The molecular weight excluding hydrogens is 804 g/mol. The van der Waals surface area contributed by atoms with Gasteiger partial charge in [-0.25, -0.2) is 18.7 Å². The molecule has 5 atom stereocenters. The van der Waals surface area contributed by atoms with Gasteiger partial charge in [-0.3, -0.25) is 23.9 Å². The number of carbonyl (C=O) groups excluding carboxylic acids is 2. The van der Waals surface area contributed by atoms with E-state index < -0.39 is 23.8 Å². The minimum atomic E-state index is -0.685. The Morgan fingerprint density at radius 2 is 1.63 bits per heavy atom. The molecule has 3 fully saturated rings. The first-order valence-corrected chi connectivity index (χ1v) is 21.7. The molecule has 16 heteroatoms. The largest absolute Gasteiger partial charge is 0.427 e. The third kappa shape index (κ3) is 5.94. The average Bonchev–Trinajstić information content (AvgIpc) is 3.90. The number of rotatable bonds is 7. The van der Waals surface area contributed by atoms with E-state index in [1.54, 1.807) is 63.1 Å². The highest BCUT2D eigenvalue weighted by Crippen LogP contribution is 2.55. The van der Waals surface area contributed by atoms with E-state index in [4.69, 9.17) is 14.7 Å². The van der Waals surface area contributed by atoms with Crippen LogP contribution in [-0.2, 0) is 28.6 Å². The van der Waals surface area contributed by atoms with Crippen molar-refractivity contribution in [3.05, 3.63) is 123 Å². The van der Waals surface area contributed by atoms with Crippen molar-refractivity contribution in [2.24, 2.45) is 13.0 Å². The van der Waals surface area contributed by atoms with Crippen molar-refractivity contribution >= 4 is 33.8 Å². The van der Waals surface area contributed by atoms with Gasteiger partial charge in [0.1, 0.15) is 23.5 Å². The highest BCUT2D eigenvalue weighted by atomic mass is 19.1. The molecular formula is C47H49FN10O5. The van der Waals surface area contributed by atoms with Crippen LogP contribution in [0.3, 0.4) is 0 Å². The van der Waals surface area contributed by atoms with E-state index in [-0.39, 0.29) is 29.4 Å². The van der Waals surface area contributed by atoms with E-state index in [1.165, 1.54) is 5.56 Å². The van der Waals surface area contributed by atoms with Crippen molar-refractivity contribution in [2.75, 3.05) is 13.2 Å². The number of nitrogens with one attached hydrogen (secondary N) is 2. The van der Waals surface area contributed by atoms with Gasteiger partial charge in [-0.15, -0.1) is 5.48 Å². The lowest BCUT2D eigenvalue weighted by molar-refractivity contribution is 0.0557. The lowest BCUT2D eigenvalue weighted by Crippen LogP contribution is -2.50. The van der Waals surface area contributed by atoms with Crippen molar-refractivity contribution < 1.29 is 23.6 Å². The van der Waals surface area contributed by atoms with Crippen LogP contribution in [0.1, 0.15) is 90.4 Å². The molecule has 4 aromatic heterocycles. The summed E-state index contributed by atoms with van der Waals surface area (Å²) < 4.78 is 29.6. The predicted molar refractivity (Wildman–Crippen MR) is 233 cm³/mol. The maximum atomic E-state index is 15.7. The number of amides is 2. The summed E-state index contributed by atoms with van der Waals surface area (Å²) in [5, 5.41) is 14.3. The summed E-state index contributed by atoms with van der Waals surface area (Å²) in [5.41, 5.74) is 9.08. The maximum absolute atomic E-state index is 15.7. The average molecular weight is 853 g/mol. The molecule has 1 saturated carbocycles. The molecule has 7 heterocycles. The molecule has 2 N–H and O–H groups in total. The monoisotopic (exact) mass is 852 g/mol. The Morgan fingerprint density at radius 1 is 0.905 bits per heavy atom. The van der Waals surface area contributed by atoms with Gasteiger partial charge >= 0.3 is 11.8 Å². The summed E-state index contributed by atoms with van der Waals surface area (Å²) in [6.45, 7) is 11.0. The zero-order valence-corrected chi connectivity index (χ0v) is 36.1. The van der Waals surface area contributed by atoms with Gasteiger partial charge < -0.3 is 19.0 Å². The number of hydrogen-bond acceptors (Lipinski definition) is 8. The summed E-state index contributed by atoms with van der Waals surface area (Å²) in [7, 11) is 1.87. The fourth-order valence-corrected chi connectivity index (χ4v) is 10.9. The van der Waals surface area contributed by atoms with Gasteiger partial charge in [0.25, 0.3) is 5.91 Å². The molecule has 2 amide bonds. The maximum Gasteiger partial charge on any atom is 0.427 e. The molecule has 0 radical (unpaired) electrons. The van der Waals surface area contributed by atoms with Gasteiger partial charge in [-0.05, 0) is 124 Å². The molecule has 7 aromatic rings. The molecule has 0 spiro atoms. The van der Waals surface area contributed by atoms with E-state index in [0.717, 1.165) is 45.9 Å². The second-order valence-electron chi connectivity index (χ2n) is 18.0. The molecule has 63 heavy (non-hydrogen) atoms. The summed E-state index contributed by atoms with van der Waals surface area (Å²) >= 11 is 0. The fourth-order valence-electron chi connectivity index (χ4n) is 10.9.